The van der Waals surface area contributed by atoms with Crippen molar-refractivity contribution in [2.24, 2.45) is 5.92 Å². The van der Waals surface area contributed by atoms with Crippen molar-refractivity contribution in [2.45, 2.75) is 59.0 Å². The number of aromatic amines is 1. The van der Waals surface area contributed by atoms with E-state index < -0.39 is 0 Å². The minimum absolute atomic E-state index is 0.0300. The minimum Gasteiger partial charge on any atom is -0.496 e. The van der Waals surface area contributed by atoms with Crippen LogP contribution in [0.3, 0.4) is 0 Å². The van der Waals surface area contributed by atoms with Crippen LogP contribution in [0.1, 0.15) is 54.4 Å². The number of aryl methyl sites for hydroxylation is 2. The van der Waals surface area contributed by atoms with Gasteiger partial charge in [0, 0.05) is 34.5 Å². The van der Waals surface area contributed by atoms with Gasteiger partial charge in [0.2, 0.25) is 5.91 Å². The molecule has 5 heteroatoms. The predicted octanol–water partition coefficient (Wildman–Crippen LogP) is 5.26. The summed E-state index contributed by atoms with van der Waals surface area (Å²) in [5.74, 6) is 0.922. The standard InChI is InChI=1S/C27H32N2O3/c1-18-13-19(2)23-15-22(26(30)28-24(23)14-18)17-29(27(31)20-9-5-4-6-10-20)16-21-11-7-8-12-25(21)32-3/h7-8,11-15,20H,4-6,9-10,16-17H2,1-3H3,(H,28,30). The van der Waals surface area contributed by atoms with Crippen molar-refractivity contribution >= 4 is 16.8 Å². The van der Waals surface area contributed by atoms with Crippen molar-refractivity contribution in [2.75, 3.05) is 7.11 Å². The second-order valence-corrected chi connectivity index (χ2v) is 9.01. The van der Waals surface area contributed by atoms with E-state index in [1.54, 1.807) is 7.11 Å². The first kappa shape index (κ1) is 22.1. The average Bonchev–Trinajstić information content (AvgIpc) is 2.79. The summed E-state index contributed by atoms with van der Waals surface area (Å²) in [6.07, 6.45) is 5.22. The van der Waals surface area contributed by atoms with Gasteiger partial charge in [-0.1, -0.05) is 43.5 Å². The topological polar surface area (TPSA) is 62.4 Å². The molecule has 1 saturated carbocycles. The Morgan fingerprint density at radius 3 is 2.50 bits per heavy atom. The highest BCUT2D eigenvalue weighted by Gasteiger charge is 2.27. The highest BCUT2D eigenvalue weighted by Crippen LogP contribution is 2.28. The molecule has 4 rings (SSSR count). The molecule has 1 heterocycles. The number of aromatic nitrogens is 1. The molecule has 1 aromatic heterocycles. The fourth-order valence-corrected chi connectivity index (χ4v) is 4.90. The molecule has 0 bridgehead atoms. The molecule has 168 valence electrons. The van der Waals surface area contributed by atoms with E-state index in [4.69, 9.17) is 4.74 Å². The molecular formula is C27H32N2O3. The Morgan fingerprint density at radius 1 is 1.03 bits per heavy atom. The lowest BCUT2D eigenvalue weighted by atomic mass is 9.88. The van der Waals surface area contributed by atoms with Crippen LogP contribution in [0.4, 0.5) is 0 Å². The van der Waals surface area contributed by atoms with Crippen LogP contribution in [-0.4, -0.2) is 22.9 Å². The summed E-state index contributed by atoms with van der Waals surface area (Å²) in [5.41, 5.74) is 4.50. The van der Waals surface area contributed by atoms with Gasteiger partial charge >= 0.3 is 0 Å². The van der Waals surface area contributed by atoms with Crippen molar-refractivity contribution in [3.8, 4) is 5.75 Å². The van der Waals surface area contributed by atoms with Crippen molar-refractivity contribution in [3.63, 3.8) is 0 Å². The van der Waals surface area contributed by atoms with Crippen LogP contribution in [0.2, 0.25) is 0 Å². The Kier molecular flexibility index (Phi) is 6.63. The SMILES string of the molecule is COc1ccccc1CN(Cc1cc2c(C)cc(C)cc2[nH]c1=O)C(=O)C1CCCCC1. The lowest BCUT2D eigenvalue weighted by Crippen LogP contribution is -2.37. The van der Waals surface area contributed by atoms with E-state index >= 15 is 0 Å². The van der Waals surface area contributed by atoms with Gasteiger partial charge < -0.3 is 14.6 Å². The summed E-state index contributed by atoms with van der Waals surface area (Å²) < 4.78 is 5.52. The van der Waals surface area contributed by atoms with E-state index in [-0.39, 0.29) is 23.9 Å². The third kappa shape index (κ3) is 4.72. The fraction of sp³-hybridized carbons (Fsp3) is 0.407. The average molecular weight is 433 g/mol. The smallest absolute Gasteiger partial charge is 0.253 e. The number of carbonyl (C=O) groups is 1. The molecule has 1 aliphatic rings. The van der Waals surface area contributed by atoms with E-state index in [2.05, 4.69) is 18.0 Å². The van der Waals surface area contributed by atoms with Gasteiger partial charge in [-0.2, -0.15) is 0 Å². The Hall–Kier alpha value is -3.08. The second-order valence-electron chi connectivity index (χ2n) is 9.01. The summed E-state index contributed by atoms with van der Waals surface area (Å²) in [6, 6.07) is 13.8. The number of hydrogen-bond acceptors (Lipinski definition) is 3. The van der Waals surface area contributed by atoms with Gasteiger partial charge in [-0.05, 0) is 56.0 Å². The molecule has 2 aromatic carbocycles. The highest BCUT2D eigenvalue weighted by atomic mass is 16.5. The summed E-state index contributed by atoms with van der Waals surface area (Å²) in [7, 11) is 1.64. The first-order chi connectivity index (χ1) is 15.5. The zero-order chi connectivity index (χ0) is 22.7. The lowest BCUT2D eigenvalue weighted by Gasteiger charge is -2.30. The van der Waals surface area contributed by atoms with Gasteiger partial charge in [-0.25, -0.2) is 0 Å². The number of nitrogens with one attached hydrogen (secondary N) is 1. The molecule has 0 aliphatic heterocycles. The van der Waals surface area contributed by atoms with Gasteiger partial charge in [-0.3, -0.25) is 9.59 Å². The maximum absolute atomic E-state index is 13.6. The number of carbonyl (C=O) groups excluding carboxylic acids is 1. The summed E-state index contributed by atoms with van der Waals surface area (Å²) in [5, 5.41) is 1.02. The third-order valence-corrected chi connectivity index (χ3v) is 6.57. The fourth-order valence-electron chi connectivity index (χ4n) is 4.90. The number of rotatable bonds is 6. The van der Waals surface area contributed by atoms with Crippen molar-refractivity contribution in [1.29, 1.82) is 0 Å². The number of para-hydroxylation sites is 1. The second kappa shape index (κ2) is 9.60. The van der Waals surface area contributed by atoms with Gasteiger partial charge in [0.15, 0.2) is 0 Å². The third-order valence-electron chi connectivity index (χ3n) is 6.57. The molecule has 0 unspecified atom stereocenters. The number of methoxy groups -OCH3 is 1. The molecule has 0 radical (unpaired) electrons. The molecule has 1 N–H and O–H groups in total. The molecule has 1 fully saturated rings. The molecule has 0 saturated heterocycles. The Bertz CT molecular complexity index is 1180. The number of fused-ring (bicyclic) bond motifs is 1. The number of pyridine rings is 1. The van der Waals surface area contributed by atoms with Crippen molar-refractivity contribution in [3.05, 3.63) is 75.1 Å². The van der Waals surface area contributed by atoms with Crippen LogP contribution in [0, 0.1) is 19.8 Å². The number of nitrogens with zero attached hydrogens (tertiary/aromatic N) is 1. The summed E-state index contributed by atoms with van der Waals surface area (Å²) in [6.45, 7) is 4.78. The Morgan fingerprint density at radius 2 is 1.75 bits per heavy atom. The first-order valence-electron chi connectivity index (χ1n) is 11.5. The van der Waals surface area contributed by atoms with Crippen LogP contribution in [-0.2, 0) is 17.9 Å². The van der Waals surface area contributed by atoms with Crippen LogP contribution >= 0.6 is 0 Å². The van der Waals surface area contributed by atoms with Crippen LogP contribution in [0.15, 0.2) is 47.3 Å². The van der Waals surface area contributed by atoms with Crippen molar-refractivity contribution < 1.29 is 9.53 Å². The van der Waals surface area contributed by atoms with E-state index in [1.807, 2.05) is 48.2 Å². The summed E-state index contributed by atoms with van der Waals surface area (Å²) >= 11 is 0. The van der Waals surface area contributed by atoms with Crippen molar-refractivity contribution in [1.82, 2.24) is 9.88 Å². The van der Waals surface area contributed by atoms with E-state index in [0.717, 1.165) is 59.0 Å². The minimum atomic E-state index is -0.135. The van der Waals surface area contributed by atoms with Gasteiger partial charge in [0.05, 0.1) is 13.7 Å². The maximum Gasteiger partial charge on any atom is 0.253 e. The molecule has 3 aromatic rings. The molecule has 1 aliphatic carbocycles. The van der Waals surface area contributed by atoms with Crippen LogP contribution < -0.4 is 10.3 Å². The number of benzene rings is 2. The Labute approximate surface area is 189 Å². The molecule has 0 atom stereocenters. The zero-order valence-electron chi connectivity index (χ0n) is 19.2. The molecular weight excluding hydrogens is 400 g/mol. The largest absolute Gasteiger partial charge is 0.496 e. The van der Waals surface area contributed by atoms with E-state index in [1.165, 1.54) is 6.42 Å². The maximum atomic E-state index is 13.6. The number of amides is 1. The quantitative estimate of drug-likeness (QED) is 0.578. The molecule has 5 nitrogen and oxygen atoms in total. The first-order valence-corrected chi connectivity index (χ1v) is 11.5. The predicted molar refractivity (Wildman–Crippen MR) is 128 cm³/mol. The van der Waals surface area contributed by atoms with Crippen LogP contribution in [0.25, 0.3) is 10.9 Å². The normalized spacial score (nSPS) is 14.5. The van der Waals surface area contributed by atoms with Gasteiger partial charge in [0.25, 0.3) is 5.56 Å². The number of ether oxygens (including phenoxy) is 1. The highest BCUT2D eigenvalue weighted by molar-refractivity contribution is 5.83. The van der Waals surface area contributed by atoms with Gasteiger partial charge in [0.1, 0.15) is 5.75 Å². The molecule has 1 amide bonds. The Balaban J connectivity index is 1.70. The monoisotopic (exact) mass is 432 g/mol. The molecule has 32 heavy (non-hydrogen) atoms. The summed E-state index contributed by atoms with van der Waals surface area (Å²) in [4.78, 5) is 31.4. The number of H-pyrrole nitrogens is 1. The van der Waals surface area contributed by atoms with E-state index in [9.17, 15) is 9.59 Å². The van der Waals surface area contributed by atoms with Crippen LogP contribution in [0.5, 0.6) is 5.75 Å². The lowest BCUT2D eigenvalue weighted by molar-refractivity contribution is -0.137. The molecule has 0 spiro atoms. The van der Waals surface area contributed by atoms with Gasteiger partial charge in [-0.15, -0.1) is 0 Å². The number of hydrogen-bond donors (Lipinski definition) is 1. The zero-order valence-corrected chi connectivity index (χ0v) is 19.2. The van der Waals surface area contributed by atoms with E-state index in [0.29, 0.717) is 12.1 Å².